The van der Waals surface area contributed by atoms with Gasteiger partial charge >= 0.3 is 6.18 Å². The molecule has 4 heteroatoms. The maximum absolute atomic E-state index is 12.9. The van der Waals surface area contributed by atoms with E-state index in [2.05, 4.69) is 0 Å². The number of alkyl halides is 3. The Labute approximate surface area is 105 Å². The standard InChI is InChI=1S/C14H17F3O/c1-9(2)10-7-13(18,8-10)11-5-3-4-6-12(11)14(15,16)17/h3-6,9-10,18H,7-8H2,1-2H3. The van der Waals surface area contributed by atoms with Gasteiger partial charge in [-0.15, -0.1) is 0 Å². The molecule has 1 saturated carbocycles. The first-order valence-electron chi connectivity index (χ1n) is 6.13. The smallest absolute Gasteiger partial charge is 0.385 e. The Kier molecular flexibility index (Phi) is 3.18. The number of aliphatic hydroxyl groups is 1. The Morgan fingerprint density at radius 2 is 1.78 bits per heavy atom. The van der Waals surface area contributed by atoms with E-state index < -0.39 is 17.3 Å². The molecule has 1 aromatic carbocycles. The molecule has 0 radical (unpaired) electrons. The van der Waals surface area contributed by atoms with Gasteiger partial charge in [0.15, 0.2) is 0 Å². The van der Waals surface area contributed by atoms with Crippen LogP contribution in [0.2, 0.25) is 0 Å². The Morgan fingerprint density at radius 1 is 1.22 bits per heavy atom. The molecule has 18 heavy (non-hydrogen) atoms. The molecule has 1 aromatic rings. The third kappa shape index (κ3) is 2.26. The van der Waals surface area contributed by atoms with Crippen molar-refractivity contribution in [1.29, 1.82) is 0 Å². The van der Waals surface area contributed by atoms with Crippen LogP contribution in [-0.4, -0.2) is 5.11 Å². The highest BCUT2D eigenvalue weighted by molar-refractivity contribution is 5.36. The average Bonchev–Trinajstić information content (AvgIpc) is 2.23. The van der Waals surface area contributed by atoms with Crippen molar-refractivity contribution in [1.82, 2.24) is 0 Å². The summed E-state index contributed by atoms with van der Waals surface area (Å²) in [7, 11) is 0. The van der Waals surface area contributed by atoms with Crippen molar-refractivity contribution in [3.63, 3.8) is 0 Å². The van der Waals surface area contributed by atoms with Gasteiger partial charge < -0.3 is 5.11 Å². The summed E-state index contributed by atoms with van der Waals surface area (Å²) in [6.07, 6.45) is -3.58. The van der Waals surface area contributed by atoms with E-state index in [1.54, 1.807) is 6.07 Å². The molecule has 0 saturated heterocycles. The number of hydrogen-bond acceptors (Lipinski definition) is 1. The van der Waals surface area contributed by atoms with Gasteiger partial charge in [-0.25, -0.2) is 0 Å². The van der Waals surface area contributed by atoms with Crippen molar-refractivity contribution in [2.45, 2.75) is 38.5 Å². The van der Waals surface area contributed by atoms with Crippen LogP contribution >= 0.6 is 0 Å². The summed E-state index contributed by atoms with van der Waals surface area (Å²) in [4.78, 5) is 0. The van der Waals surface area contributed by atoms with Crippen LogP contribution in [0.15, 0.2) is 24.3 Å². The van der Waals surface area contributed by atoms with Gasteiger partial charge in [0.05, 0.1) is 11.2 Å². The zero-order valence-electron chi connectivity index (χ0n) is 10.5. The van der Waals surface area contributed by atoms with E-state index in [1.165, 1.54) is 12.1 Å². The Balaban J connectivity index is 2.30. The highest BCUT2D eigenvalue weighted by atomic mass is 19.4. The Bertz CT molecular complexity index is 431. The highest BCUT2D eigenvalue weighted by Gasteiger charge is 2.48. The van der Waals surface area contributed by atoms with E-state index in [0.29, 0.717) is 24.7 Å². The van der Waals surface area contributed by atoms with Crippen molar-refractivity contribution in [3.05, 3.63) is 35.4 Å². The molecule has 2 rings (SSSR count). The summed E-state index contributed by atoms with van der Waals surface area (Å²) in [5.74, 6) is 0.694. The fraction of sp³-hybridized carbons (Fsp3) is 0.571. The van der Waals surface area contributed by atoms with E-state index in [-0.39, 0.29) is 5.56 Å². The van der Waals surface area contributed by atoms with Gasteiger partial charge in [0.25, 0.3) is 0 Å². The quantitative estimate of drug-likeness (QED) is 0.851. The summed E-state index contributed by atoms with van der Waals surface area (Å²) in [6.45, 7) is 4.06. The minimum Gasteiger partial charge on any atom is -0.385 e. The lowest BCUT2D eigenvalue weighted by atomic mass is 9.63. The van der Waals surface area contributed by atoms with Crippen LogP contribution in [0.3, 0.4) is 0 Å². The molecule has 0 atom stereocenters. The van der Waals surface area contributed by atoms with Gasteiger partial charge in [0.2, 0.25) is 0 Å². The fourth-order valence-electron chi connectivity index (χ4n) is 2.64. The van der Waals surface area contributed by atoms with E-state index in [9.17, 15) is 18.3 Å². The molecule has 0 heterocycles. The van der Waals surface area contributed by atoms with E-state index in [0.717, 1.165) is 6.07 Å². The topological polar surface area (TPSA) is 20.2 Å². The van der Waals surface area contributed by atoms with Crippen molar-refractivity contribution in [2.24, 2.45) is 11.8 Å². The molecule has 0 bridgehead atoms. The summed E-state index contributed by atoms with van der Waals surface area (Å²) in [6, 6.07) is 5.33. The molecular formula is C14H17F3O. The van der Waals surface area contributed by atoms with Crippen LogP contribution in [0.1, 0.15) is 37.8 Å². The number of rotatable bonds is 2. The lowest BCUT2D eigenvalue weighted by Crippen LogP contribution is -2.44. The van der Waals surface area contributed by atoms with Crippen molar-refractivity contribution >= 4 is 0 Å². The Hall–Kier alpha value is -1.03. The van der Waals surface area contributed by atoms with E-state index in [1.807, 2.05) is 13.8 Å². The van der Waals surface area contributed by atoms with Crippen LogP contribution < -0.4 is 0 Å². The molecule has 0 amide bonds. The van der Waals surface area contributed by atoms with Gasteiger partial charge in [-0.2, -0.15) is 13.2 Å². The van der Waals surface area contributed by atoms with Gasteiger partial charge in [-0.05, 0) is 36.3 Å². The number of benzene rings is 1. The van der Waals surface area contributed by atoms with Gasteiger partial charge in [0, 0.05) is 0 Å². The second-order valence-corrected chi connectivity index (χ2v) is 5.49. The first-order chi connectivity index (χ1) is 8.24. The molecule has 0 spiro atoms. The second kappa shape index (κ2) is 4.26. The predicted octanol–water partition coefficient (Wildman–Crippen LogP) is 3.96. The largest absolute Gasteiger partial charge is 0.416 e. The summed E-state index contributed by atoms with van der Waals surface area (Å²) in [5, 5.41) is 10.3. The van der Waals surface area contributed by atoms with Crippen LogP contribution in [0, 0.1) is 11.8 Å². The zero-order valence-corrected chi connectivity index (χ0v) is 10.5. The minimum atomic E-state index is -4.41. The maximum Gasteiger partial charge on any atom is 0.416 e. The molecule has 1 aliphatic carbocycles. The first kappa shape index (κ1) is 13.4. The molecule has 1 N–H and O–H groups in total. The molecule has 0 aliphatic heterocycles. The monoisotopic (exact) mass is 258 g/mol. The third-order valence-electron chi connectivity index (χ3n) is 3.88. The van der Waals surface area contributed by atoms with Gasteiger partial charge in [0.1, 0.15) is 0 Å². The van der Waals surface area contributed by atoms with Gasteiger partial charge in [-0.1, -0.05) is 32.0 Å². The first-order valence-corrected chi connectivity index (χ1v) is 6.13. The molecule has 0 aromatic heterocycles. The second-order valence-electron chi connectivity index (χ2n) is 5.49. The van der Waals surface area contributed by atoms with Crippen LogP contribution in [0.5, 0.6) is 0 Å². The SMILES string of the molecule is CC(C)C1CC(O)(c2ccccc2C(F)(F)F)C1. The maximum atomic E-state index is 12.9. The fourth-order valence-corrected chi connectivity index (χ4v) is 2.64. The van der Waals surface area contributed by atoms with E-state index >= 15 is 0 Å². The molecule has 1 aliphatic rings. The zero-order chi connectivity index (χ0) is 13.6. The lowest BCUT2D eigenvalue weighted by Gasteiger charge is -2.47. The van der Waals surface area contributed by atoms with Crippen molar-refractivity contribution < 1.29 is 18.3 Å². The van der Waals surface area contributed by atoms with Crippen molar-refractivity contribution in [2.75, 3.05) is 0 Å². The molecule has 1 fully saturated rings. The molecule has 0 unspecified atom stereocenters. The lowest BCUT2D eigenvalue weighted by molar-refractivity contribution is -0.146. The van der Waals surface area contributed by atoms with Crippen LogP contribution in [0.4, 0.5) is 13.2 Å². The van der Waals surface area contributed by atoms with Crippen LogP contribution in [-0.2, 0) is 11.8 Å². The molecule has 1 nitrogen and oxygen atoms in total. The summed E-state index contributed by atoms with van der Waals surface area (Å²) < 4.78 is 38.7. The van der Waals surface area contributed by atoms with E-state index in [4.69, 9.17) is 0 Å². The normalized spacial score (nSPS) is 28.3. The molecule has 100 valence electrons. The number of hydrogen-bond donors (Lipinski definition) is 1. The molecular weight excluding hydrogens is 241 g/mol. The Morgan fingerprint density at radius 3 is 2.28 bits per heavy atom. The third-order valence-corrected chi connectivity index (χ3v) is 3.88. The van der Waals surface area contributed by atoms with Gasteiger partial charge in [-0.3, -0.25) is 0 Å². The number of halogens is 3. The highest BCUT2D eigenvalue weighted by Crippen LogP contribution is 2.51. The van der Waals surface area contributed by atoms with Crippen molar-refractivity contribution in [3.8, 4) is 0 Å². The minimum absolute atomic E-state index is 0.0226. The van der Waals surface area contributed by atoms with Crippen LogP contribution in [0.25, 0.3) is 0 Å². The summed E-state index contributed by atoms with van der Waals surface area (Å²) in [5.41, 5.74) is -2.00. The predicted molar refractivity (Wildman–Crippen MR) is 62.9 cm³/mol. The average molecular weight is 258 g/mol. The summed E-state index contributed by atoms with van der Waals surface area (Å²) >= 11 is 0.